The number of benzene rings is 2. The minimum Gasteiger partial charge on any atom is -0.333 e. The molecule has 7 nitrogen and oxygen atoms in total. The van der Waals surface area contributed by atoms with Gasteiger partial charge in [-0.25, -0.2) is 4.98 Å². The van der Waals surface area contributed by atoms with Crippen LogP contribution in [-0.2, 0) is 16.1 Å². The number of imidazole rings is 1. The van der Waals surface area contributed by atoms with Crippen LogP contribution < -0.4 is 10.2 Å². The van der Waals surface area contributed by atoms with Gasteiger partial charge in [0.15, 0.2) is 0 Å². The highest BCUT2D eigenvalue weighted by atomic mass is 16.2. The lowest BCUT2D eigenvalue weighted by atomic mass is 10.1. The van der Waals surface area contributed by atoms with Crippen molar-refractivity contribution in [2.45, 2.75) is 19.4 Å². The molecule has 3 aromatic rings. The molecule has 0 radical (unpaired) electrons. The Morgan fingerprint density at radius 2 is 1.82 bits per heavy atom. The van der Waals surface area contributed by atoms with Crippen molar-refractivity contribution < 1.29 is 14.4 Å². The topological polar surface area (TPSA) is 84.3 Å². The van der Waals surface area contributed by atoms with Crippen LogP contribution in [0, 0.1) is 0 Å². The van der Waals surface area contributed by atoms with Gasteiger partial charge in [0.1, 0.15) is 0 Å². The first-order valence-electron chi connectivity index (χ1n) is 8.92. The fourth-order valence-corrected chi connectivity index (χ4v) is 3.19. The Labute approximate surface area is 161 Å². The van der Waals surface area contributed by atoms with Crippen LogP contribution in [0.2, 0.25) is 0 Å². The zero-order chi connectivity index (χ0) is 19.5. The number of aromatic nitrogens is 2. The Kier molecular flexibility index (Phi) is 4.72. The Bertz CT molecular complexity index is 1030. The van der Waals surface area contributed by atoms with E-state index in [2.05, 4.69) is 10.3 Å². The molecule has 28 heavy (non-hydrogen) atoms. The zero-order valence-corrected chi connectivity index (χ0v) is 15.0. The third kappa shape index (κ3) is 3.68. The third-order valence-electron chi connectivity index (χ3n) is 4.53. The van der Waals surface area contributed by atoms with Crippen molar-refractivity contribution in [2.75, 3.05) is 10.2 Å². The summed E-state index contributed by atoms with van der Waals surface area (Å²) in [6, 6.07) is 14.1. The molecular weight excluding hydrogens is 356 g/mol. The molecule has 1 aromatic heterocycles. The van der Waals surface area contributed by atoms with Gasteiger partial charge in [-0.3, -0.25) is 19.3 Å². The Balaban J connectivity index is 1.50. The van der Waals surface area contributed by atoms with Crippen LogP contribution in [0.3, 0.4) is 0 Å². The van der Waals surface area contributed by atoms with Crippen molar-refractivity contribution in [1.29, 1.82) is 0 Å². The average molecular weight is 374 g/mol. The summed E-state index contributed by atoms with van der Waals surface area (Å²) in [4.78, 5) is 41.7. The van der Waals surface area contributed by atoms with E-state index in [9.17, 15) is 14.4 Å². The maximum Gasteiger partial charge on any atom is 0.255 e. The summed E-state index contributed by atoms with van der Waals surface area (Å²) in [5, 5.41) is 2.87. The predicted octanol–water partition coefficient (Wildman–Crippen LogP) is 2.84. The molecule has 7 heteroatoms. The van der Waals surface area contributed by atoms with Gasteiger partial charge in [0.2, 0.25) is 11.8 Å². The van der Waals surface area contributed by atoms with Crippen molar-refractivity contribution >= 4 is 29.1 Å². The maximum atomic E-state index is 12.7. The second-order valence-corrected chi connectivity index (χ2v) is 6.56. The van der Waals surface area contributed by atoms with Gasteiger partial charge >= 0.3 is 0 Å². The van der Waals surface area contributed by atoms with Crippen LogP contribution in [-0.4, -0.2) is 27.3 Å². The molecule has 0 unspecified atom stereocenters. The average Bonchev–Trinajstić information content (AvgIpc) is 3.31. The van der Waals surface area contributed by atoms with Gasteiger partial charge in [-0.05, 0) is 35.9 Å². The van der Waals surface area contributed by atoms with Gasteiger partial charge in [-0.15, -0.1) is 0 Å². The summed E-state index contributed by atoms with van der Waals surface area (Å²) in [6.07, 6.45) is 5.74. The van der Waals surface area contributed by atoms with Gasteiger partial charge in [-0.2, -0.15) is 0 Å². The van der Waals surface area contributed by atoms with Crippen LogP contribution in [0.4, 0.5) is 11.4 Å². The summed E-state index contributed by atoms with van der Waals surface area (Å²) < 4.78 is 1.94. The molecule has 0 aliphatic carbocycles. The fourth-order valence-electron chi connectivity index (χ4n) is 3.19. The molecule has 4 rings (SSSR count). The molecule has 2 aromatic carbocycles. The SMILES string of the molecule is O=C(Nc1cccc(Cn2ccnc2)c1)c1cccc(N2C(=O)CCC2=O)c1. The lowest BCUT2D eigenvalue weighted by Gasteiger charge is -2.15. The quantitative estimate of drug-likeness (QED) is 0.696. The van der Waals surface area contributed by atoms with E-state index in [-0.39, 0.29) is 30.6 Å². The van der Waals surface area contributed by atoms with Crippen molar-refractivity contribution in [3.05, 3.63) is 78.4 Å². The highest BCUT2D eigenvalue weighted by Crippen LogP contribution is 2.24. The Morgan fingerprint density at radius 3 is 2.57 bits per heavy atom. The van der Waals surface area contributed by atoms with Crippen LogP contribution in [0.5, 0.6) is 0 Å². The predicted molar refractivity (Wildman–Crippen MR) is 104 cm³/mol. The van der Waals surface area contributed by atoms with Crippen LogP contribution >= 0.6 is 0 Å². The number of anilines is 2. The number of hydrogen-bond donors (Lipinski definition) is 1. The first-order chi connectivity index (χ1) is 13.6. The molecule has 0 spiro atoms. The summed E-state index contributed by atoms with van der Waals surface area (Å²) in [7, 11) is 0. The first-order valence-corrected chi connectivity index (χ1v) is 8.92. The van der Waals surface area contributed by atoms with E-state index in [1.165, 1.54) is 0 Å². The number of amides is 3. The monoisotopic (exact) mass is 374 g/mol. The van der Waals surface area contributed by atoms with Gasteiger partial charge in [0, 0.05) is 43.0 Å². The molecule has 2 heterocycles. The second-order valence-electron chi connectivity index (χ2n) is 6.56. The van der Waals surface area contributed by atoms with E-state index in [1.807, 2.05) is 35.0 Å². The minimum absolute atomic E-state index is 0.207. The van der Waals surface area contributed by atoms with Crippen molar-refractivity contribution in [1.82, 2.24) is 9.55 Å². The highest BCUT2D eigenvalue weighted by Gasteiger charge is 2.30. The first kappa shape index (κ1) is 17.7. The largest absolute Gasteiger partial charge is 0.333 e. The van der Waals surface area contributed by atoms with E-state index in [1.54, 1.807) is 36.8 Å². The molecular formula is C21H18N4O3. The van der Waals surface area contributed by atoms with E-state index in [4.69, 9.17) is 0 Å². The molecule has 1 aliphatic heterocycles. The lowest BCUT2D eigenvalue weighted by molar-refractivity contribution is -0.121. The molecule has 140 valence electrons. The smallest absolute Gasteiger partial charge is 0.255 e. The summed E-state index contributed by atoms with van der Waals surface area (Å²) in [5.41, 5.74) is 2.50. The molecule has 0 bridgehead atoms. The van der Waals surface area contributed by atoms with Crippen LogP contribution in [0.1, 0.15) is 28.8 Å². The highest BCUT2D eigenvalue weighted by molar-refractivity contribution is 6.20. The van der Waals surface area contributed by atoms with E-state index >= 15 is 0 Å². The van der Waals surface area contributed by atoms with Crippen molar-refractivity contribution in [2.24, 2.45) is 0 Å². The molecule has 1 N–H and O–H groups in total. The number of carbonyl (C=O) groups is 3. The number of nitrogens with one attached hydrogen (secondary N) is 1. The molecule has 0 saturated carbocycles. The van der Waals surface area contributed by atoms with Crippen molar-refractivity contribution in [3.63, 3.8) is 0 Å². The molecule has 0 atom stereocenters. The van der Waals surface area contributed by atoms with Gasteiger partial charge in [0.05, 0.1) is 12.0 Å². The van der Waals surface area contributed by atoms with E-state index in [0.717, 1.165) is 10.5 Å². The third-order valence-corrected chi connectivity index (χ3v) is 4.53. The molecule has 3 amide bonds. The van der Waals surface area contributed by atoms with Crippen LogP contribution in [0.15, 0.2) is 67.3 Å². The number of carbonyl (C=O) groups excluding carboxylic acids is 3. The number of nitrogens with zero attached hydrogens (tertiary/aromatic N) is 3. The van der Waals surface area contributed by atoms with Gasteiger partial charge in [0.25, 0.3) is 5.91 Å². The zero-order valence-electron chi connectivity index (χ0n) is 15.0. The molecule has 1 saturated heterocycles. The number of rotatable bonds is 5. The second kappa shape index (κ2) is 7.48. The Hall–Kier alpha value is -3.74. The van der Waals surface area contributed by atoms with Gasteiger partial charge in [-0.1, -0.05) is 18.2 Å². The maximum absolute atomic E-state index is 12.7. The summed E-state index contributed by atoms with van der Waals surface area (Å²) in [6.45, 7) is 0.651. The summed E-state index contributed by atoms with van der Waals surface area (Å²) >= 11 is 0. The number of imide groups is 1. The standard InChI is InChI=1S/C21H18N4O3/c26-19-7-8-20(27)25(19)18-6-2-4-16(12-18)21(28)23-17-5-1-3-15(11-17)13-24-10-9-22-14-24/h1-6,9-12,14H,7-8,13H2,(H,23,28). The van der Waals surface area contributed by atoms with E-state index in [0.29, 0.717) is 23.5 Å². The number of hydrogen-bond acceptors (Lipinski definition) is 4. The van der Waals surface area contributed by atoms with Crippen molar-refractivity contribution in [3.8, 4) is 0 Å². The lowest BCUT2D eigenvalue weighted by Crippen LogP contribution is -2.28. The molecule has 1 aliphatic rings. The van der Waals surface area contributed by atoms with Crippen LogP contribution in [0.25, 0.3) is 0 Å². The fraction of sp³-hybridized carbons (Fsp3) is 0.143. The summed E-state index contributed by atoms with van der Waals surface area (Å²) in [5.74, 6) is -0.787. The van der Waals surface area contributed by atoms with E-state index < -0.39 is 0 Å². The molecule has 1 fully saturated rings. The van der Waals surface area contributed by atoms with Gasteiger partial charge < -0.3 is 9.88 Å². The normalized spacial score (nSPS) is 13.8. The Morgan fingerprint density at radius 1 is 1.04 bits per heavy atom. The minimum atomic E-state index is -0.305.